The van der Waals surface area contributed by atoms with Gasteiger partial charge in [-0.3, -0.25) is 5.10 Å². The van der Waals surface area contributed by atoms with Crippen LogP contribution < -0.4 is 5.32 Å². The van der Waals surface area contributed by atoms with Crippen LogP contribution in [-0.4, -0.2) is 23.3 Å². The van der Waals surface area contributed by atoms with Crippen LogP contribution in [0.25, 0.3) is 11.1 Å². The van der Waals surface area contributed by atoms with Gasteiger partial charge in [0, 0.05) is 28.8 Å². The summed E-state index contributed by atoms with van der Waals surface area (Å²) in [4.78, 5) is 0. The van der Waals surface area contributed by atoms with Crippen molar-refractivity contribution >= 4 is 0 Å². The third kappa shape index (κ3) is 2.38. The Morgan fingerprint density at radius 1 is 1.11 bits per heavy atom. The van der Waals surface area contributed by atoms with Crippen LogP contribution in [0.5, 0.6) is 0 Å². The van der Waals surface area contributed by atoms with Gasteiger partial charge in [-0.2, -0.15) is 5.10 Å². The minimum atomic E-state index is -0.562. The van der Waals surface area contributed by atoms with Gasteiger partial charge in [0.25, 0.3) is 0 Å². The summed E-state index contributed by atoms with van der Waals surface area (Å²) in [5.41, 5.74) is 2.10. The number of hydrogen-bond acceptors (Lipinski definition) is 2. The molecule has 2 N–H and O–H groups in total. The number of aromatic amines is 1. The summed E-state index contributed by atoms with van der Waals surface area (Å²) in [5.74, 6) is -0.757. The standard InChI is InChI=1S/C14H15F2N3/c15-10-1-2-11(13(16)7-10)12-8-18-19-14(12)9-3-5-17-6-4-9/h1-2,7-9,17H,3-6H2,(H,18,19). The zero-order valence-corrected chi connectivity index (χ0v) is 10.4. The fourth-order valence-corrected chi connectivity index (χ4v) is 2.64. The van der Waals surface area contributed by atoms with E-state index in [1.807, 2.05) is 0 Å². The highest BCUT2D eigenvalue weighted by Gasteiger charge is 2.22. The normalized spacial score (nSPS) is 16.7. The Balaban J connectivity index is 1.99. The largest absolute Gasteiger partial charge is 0.317 e. The molecular weight excluding hydrogens is 248 g/mol. The van der Waals surface area contributed by atoms with E-state index in [0.29, 0.717) is 11.5 Å². The van der Waals surface area contributed by atoms with Crippen molar-refractivity contribution in [3.63, 3.8) is 0 Å². The van der Waals surface area contributed by atoms with Crippen LogP contribution in [0.4, 0.5) is 8.78 Å². The third-order valence-electron chi connectivity index (χ3n) is 3.64. The van der Waals surface area contributed by atoms with E-state index in [0.717, 1.165) is 43.3 Å². The average Bonchev–Trinajstić information content (AvgIpc) is 2.89. The Hall–Kier alpha value is -1.75. The fraction of sp³-hybridized carbons (Fsp3) is 0.357. The Morgan fingerprint density at radius 2 is 1.89 bits per heavy atom. The first-order valence-corrected chi connectivity index (χ1v) is 6.45. The van der Waals surface area contributed by atoms with Crippen LogP contribution in [-0.2, 0) is 0 Å². The molecule has 2 aromatic rings. The predicted molar refractivity (Wildman–Crippen MR) is 68.8 cm³/mol. The van der Waals surface area contributed by atoms with Gasteiger partial charge >= 0.3 is 0 Å². The molecule has 2 heterocycles. The smallest absolute Gasteiger partial charge is 0.134 e. The lowest BCUT2D eigenvalue weighted by Gasteiger charge is -2.22. The summed E-state index contributed by atoms with van der Waals surface area (Å²) in [6.45, 7) is 1.91. The molecule has 0 aliphatic carbocycles. The molecule has 1 aliphatic heterocycles. The first kappa shape index (κ1) is 12.3. The van der Waals surface area contributed by atoms with Gasteiger partial charge < -0.3 is 5.32 Å². The van der Waals surface area contributed by atoms with Gasteiger partial charge in [0.15, 0.2) is 0 Å². The number of nitrogens with one attached hydrogen (secondary N) is 2. The van der Waals surface area contributed by atoms with Crippen molar-refractivity contribution in [2.45, 2.75) is 18.8 Å². The van der Waals surface area contributed by atoms with Crippen LogP contribution in [0.3, 0.4) is 0 Å². The number of benzene rings is 1. The molecule has 5 heteroatoms. The minimum Gasteiger partial charge on any atom is -0.317 e. The van der Waals surface area contributed by atoms with Gasteiger partial charge in [0.2, 0.25) is 0 Å². The van der Waals surface area contributed by atoms with Gasteiger partial charge in [-0.15, -0.1) is 0 Å². The molecule has 0 amide bonds. The van der Waals surface area contributed by atoms with E-state index in [1.165, 1.54) is 12.1 Å². The summed E-state index contributed by atoms with van der Waals surface area (Å²) in [5, 5.41) is 10.3. The third-order valence-corrected chi connectivity index (χ3v) is 3.64. The summed E-state index contributed by atoms with van der Waals surface area (Å²) < 4.78 is 26.8. The van der Waals surface area contributed by atoms with E-state index in [2.05, 4.69) is 15.5 Å². The van der Waals surface area contributed by atoms with E-state index in [1.54, 1.807) is 6.20 Å². The topological polar surface area (TPSA) is 40.7 Å². The fourth-order valence-electron chi connectivity index (χ4n) is 2.64. The maximum absolute atomic E-state index is 13.9. The number of nitrogens with zero attached hydrogens (tertiary/aromatic N) is 1. The summed E-state index contributed by atoms with van der Waals surface area (Å²) >= 11 is 0. The second kappa shape index (κ2) is 5.09. The number of H-pyrrole nitrogens is 1. The summed E-state index contributed by atoms with van der Waals surface area (Å²) in [7, 11) is 0. The van der Waals surface area contributed by atoms with Crippen molar-refractivity contribution in [3.05, 3.63) is 41.7 Å². The summed E-state index contributed by atoms with van der Waals surface area (Å²) in [6.07, 6.45) is 3.61. The van der Waals surface area contributed by atoms with Crippen molar-refractivity contribution < 1.29 is 8.78 Å². The highest BCUT2D eigenvalue weighted by molar-refractivity contribution is 5.66. The van der Waals surface area contributed by atoms with E-state index >= 15 is 0 Å². The SMILES string of the molecule is Fc1ccc(-c2cn[nH]c2C2CCNCC2)c(F)c1. The molecule has 0 unspecified atom stereocenters. The lowest BCUT2D eigenvalue weighted by molar-refractivity contribution is 0.453. The number of aromatic nitrogens is 2. The molecule has 1 fully saturated rings. The number of halogens is 2. The number of piperidine rings is 1. The molecule has 0 bridgehead atoms. The lowest BCUT2D eigenvalue weighted by atomic mass is 9.90. The average molecular weight is 263 g/mol. The van der Waals surface area contributed by atoms with Crippen molar-refractivity contribution in [1.29, 1.82) is 0 Å². The number of rotatable bonds is 2. The second-order valence-electron chi connectivity index (χ2n) is 4.85. The molecule has 0 saturated carbocycles. The quantitative estimate of drug-likeness (QED) is 0.874. The van der Waals surface area contributed by atoms with Crippen molar-refractivity contribution in [1.82, 2.24) is 15.5 Å². The molecule has 100 valence electrons. The van der Waals surface area contributed by atoms with Crippen LogP contribution in [0.2, 0.25) is 0 Å². The molecule has 3 rings (SSSR count). The molecule has 0 radical (unpaired) electrons. The van der Waals surface area contributed by atoms with Gasteiger partial charge in [-0.05, 0) is 38.1 Å². The second-order valence-corrected chi connectivity index (χ2v) is 4.85. The lowest BCUT2D eigenvalue weighted by Crippen LogP contribution is -2.27. The molecule has 19 heavy (non-hydrogen) atoms. The molecule has 0 atom stereocenters. The first-order chi connectivity index (χ1) is 9.25. The van der Waals surface area contributed by atoms with Crippen molar-refractivity contribution in [3.8, 4) is 11.1 Å². The molecule has 1 aliphatic rings. The van der Waals surface area contributed by atoms with E-state index in [-0.39, 0.29) is 0 Å². The monoisotopic (exact) mass is 263 g/mol. The van der Waals surface area contributed by atoms with Gasteiger partial charge in [-0.25, -0.2) is 8.78 Å². The van der Waals surface area contributed by atoms with Crippen LogP contribution in [0, 0.1) is 11.6 Å². The Bertz CT molecular complexity index is 574. The van der Waals surface area contributed by atoms with E-state index < -0.39 is 11.6 Å². The predicted octanol–water partition coefficient (Wildman–Crippen LogP) is 2.82. The molecule has 1 aromatic heterocycles. The molecule has 0 spiro atoms. The van der Waals surface area contributed by atoms with Gasteiger partial charge in [0.05, 0.1) is 6.20 Å². The summed E-state index contributed by atoms with van der Waals surface area (Å²) in [6, 6.07) is 3.66. The van der Waals surface area contributed by atoms with Crippen LogP contribution in [0.15, 0.2) is 24.4 Å². The first-order valence-electron chi connectivity index (χ1n) is 6.45. The molecule has 1 saturated heterocycles. The zero-order chi connectivity index (χ0) is 13.2. The Labute approximate surface area is 110 Å². The van der Waals surface area contributed by atoms with Crippen LogP contribution in [0.1, 0.15) is 24.5 Å². The molecular formula is C14H15F2N3. The Kier molecular flexibility index (Phi) is 3.29. The highest BCUT2D eigenvalue weighted by Crippen LogP contribution is 2.33. The molecule has 3 nitrogen and oxygen atoms in total. The maximum Gasteiger partial charge on any atom is 0.134 e. The molecule has 1 aromatic carbocycles. The minimum absolute atomic E-state index is 0.350. The maximum atomic E-state index is 13.9. The van der Waals surface area contributed by atoms with E-state index in [4.69, 9.17) is 0 Å². The highest BCUT2D eigenvalue weighted by atomic mass is 19.1. The number of hydrogen-bond donors (Lipinski definition) is 2. The van der Waals surface area contributed by atoms with Gasteiger partial charge in [-0.1, -0.05) is 0 Å². The van der Waals surface area contributed by atoms with Crippen LogP contribution >= 0.6 is 0 Å². The zero-order valence-electron chi connectivity index (χ0n) is 10.4. The van der Waals surface area contributed by atoms with Gasteiger partial charge in [0.1, 0.15) is 11.6 Å². The van der Waals surface area contributed by atoms with Crippen molar-refractivity contribution in [2.24, 2.45) is 0 Å². The van der Waals surface area contributed by atoms with Crippen molar-refractivity contribution in [2.75, 3.05) is 13.1 Å². The Morgan fingerprint density at radius 3 is 2.63 bits per heavy atom. The van der Waals surface area contributed by atoms with E-state index in [9.17, 15) is 8.78 Å².